The molecule has 0 spiro atoms. The summed E-state index contributed by atoms with van der Waals surface area (Å²) in [6, 6.07) is 0.365. The highest BCUT2D eigenvalue weighted by atomic mass is 35.5. The molecule has 0 aromatic carbocycles. The number of hydrogen-bond donors (Lipinski definition) is 0. The lowest BCUT2D eigenvalue weighted by molar-refractivity contribution is 0.458. The Morgan fingerprint density at radius 1 is 1.13 bits per heavy atom. The van der Waals surface area contributed by atoms with E-state index in [-0.39, 0.29) is 5.69 Å². The van der Waals surface area contributed by atoms with Gasteiger partial charge in [0.25, 0.3) is 0 Å². The van der Waals surface area contributed by atoms with Crippen LogP contribution in [-0.2, 0) is 7.05 Å². The van der Waals surface area contributed by atoms with Crippen LogP contribution < -0.4 is 10.6 Å². The van der Waals surface area contributed by atoms with E-state index >= 15 is 0 Å². The summed E-state index contributed by atoms with van der Waals surface area (Å²) in [5.74, 6) is 2.00. The summed E-state index contributed by atoms with van der Waals surface area (Å²) < 4.78 is 3.39. The minimum atomic E-state index is 0.0194. The van der Waals surface area contributed by atoms with Crippen molar-refractivity contribution >= 4 is 17.5 Å². The fourth-order valence-electron chi connectivity index (χ4n) is 3.26. The molecule has 0 bridgehead atoms. The standard InChI is InChI=1S/C15H19ClN6O/c1-20-15(23)22(12-2-3-12)13(19-20)10-4-6-21(7-5-10)14-17-8-11(16)9-18-14/h8-10,12H,2-7H2,1H3. The number of rotatable bonds is 3. The number of nitrogens with zero attached hydrogens (tertiary/aromatic N) is 6. The Morgan fingerprint density at radius 2 is 1.78 bits per heavy atom. The Balaban J connectivity index is 1.51. The van der Waals surface area contributed by atoms with Crippen molar-refractivity contribution in [2.75, 3.05) is 18.0 Å². The van der Waals surface area contributed by atoms with Crippen LogP contribution in [0.15, 0.2) is 17.2 Å². The summed E-state index contributed by atoms with van der Waals surface area (Å²) in [6.45, 7) is 1.73. The topological polar surface area (TPSA) is 68.8 Å². The first-order valence-corrected chi connectivity index (χ1v) is 8.39. The summed E-state index contributed by atoms with van der Waals surface area (Å²) in [6.07, 6.45) is 7.34. The molecular weight excluding hydrogens is 316 g/mol. The smallest absolute Gasteiger partial charge is 0.341 e. The van der Waals surface area contributed by atoms with Crippen molar-refractivity contribution in [3.05, 3.63) is 33.7 Å². The van der Waals surface area contributed by atoms with Crippen LogP contribution in [-0.4, -0.2) is 37.4 Å². The second-order valence-electron chi connectivity index (χ2n) is 6.33. The zero-order valence-corrected chi connectivity index (χ0v) is 13.8. The molecule has 1 saturated carbocycles. The van der Waals surface area contributed by atoms with E-state index in [0.717, 1.165) is 44.6 Å². The van der Waals surface area contributed by atoms with Gasteiger partial charge in [0.15, 0.2) is 0 Å². The van der Waals surface area contributed by atoms with Crippen molar-refractivity contribution in [1.29, 1.82) is 0 Å². The number of piperidine rings is 1. The van der Waals surface area contributed by atoms with Gasteiger partial charge in [-0.25, -0.2) is 19.4 Å². The zero-order valence-electron chi connectivity index (χ0n) is 13.0. The van der Waals surface area contributed by atoms with E-state index in [0.29, 0.717) is 22.9 Å². The quantitative estimate of drug-likeness (QED) is 0.855. The molecule has 7 nitrogen and oxygen atoms in total. The van der Waals surface area contributed by atoms with Crippen molar-refractivity contribution < 1.29 is 0 Å². The zero-order chi connectivity index (χ0) is 16.0. The maximum absolute atomic E-state index is 12.3. The molecule has 0 atom stereocenters. The van der Waals surface area contributed by atoms with Crippen LogP contribution in [0.25, 0.3) is 0 Å². The van der Waals surface area contributed by atoms with E-state index in [9.17, 15) is 4.79 Å². The minimum absolute atomic E-state index is 0.0194. The van der Waals surface area contributed by atoms with Crippen LogP contribution in [0.5, 0.6) is 0 Å². The first-order valence-electron chi connectivity index (χ1n) is 8.01. The molecule has 1 saturated heterocycles. The van der Waals surface area contributed by atoms with Gasteiger partial charge >= 0.3 is 5.69 Å². The third-order valence-electron chi connectivity index (χ3n) is 4.64. The monoisotopic (exact) mass is 334 g/mol. The average Bonchev–Trinajstić information content (AvgIpc) is 3.35. The fraction of sp³-hybridized carbons (Fsp3) is 0.600. The highest BCUT2D eigenvalue weighted by molar-refractivity contribution is 6.30. The Morgan fingerprint density at radius 3 is 2.39 bits per heavy atom. The first-order chi connectivity index (χ1) is 11.1. The largest absolute Gasteiger partial charge is 0.345 e. The van der Waals surface area contributed by atoms with Crippen LogP contribution >= 0.6 is 11.6 Å². The van der Waals surface area contributed by atoms with Crippen molar-refractivity contribution in [2.24, 2.45) is 7.05 Å². The van der Waals surface area contributed by atoms with E-state index in [1.807, 2.05) is 4.57 Å². The molecule has 3 heterocycles. The molecule has 2 aromatic heterocycles. The van der Waals surface area contributed by atoms with Crippen LogP contribution in [0.2, 0.25) is 5.02 Å². The SMILES string of the molecule is Cn1nc(C2CCN(c3ncc(Cl)cn3)CC2)n(C2CC2)c1=O. The minimum Gasteiger partial charge on any atom is -0.341 e. The van der Waals surface area contributed by atoms with Gasteiger partial charge in [0, 0.05) is 32.1 Å². The molecule has 122 valence electrons. The van der Waals surface area contributed by atoms with Gasteiger partial charge < -0.3 is 4.90 Å². The summed E-state index contributed by atoms with van der Waals surface area (Å²) >= 11 is 5.84. The van der Waals surface area contributed by atoms with Gasteiger partial charge in [0.2, 0.25) is 5.95 Å². The van der Waals surface area contributed by atoms with Gasteiger partial charge in [-0.3, -0.25) is 4.57 Å². The average molecular weight is 335 g/mol. The van der Waals surface area contributed by atoms with E-state index < -0.39 is 0 Å². The molecule has 1 aliphatic carbocycles. The second kappa shape index (κ2) is 5.63. The molecule has 8 heteroatoms. The van der Waals surface area contributed by atoms with Gasteiger partial charge in [-0.2, -0.15) is 5.10 Å². The van der Waals surface area contributed by atoms with E-state index in [2.05, 4.69) is 20.0 Å². The number of aromatic nitrogens is 5. The lowest BCUT2D eigenvalue weighted by Gasteiger charge is -2.31. The molecule has 2 fully saturated rings. The van der Waals surface area contributed by atoms with Crippen LogP contribution in [0, 0.1) is 0 Å². The predicted molar refractivity (Wildman–Crippen MR) is 87.0 cm³/mol. The predicted octanol–water partition coefficient (Wildman–Crippen LogP) is 1.74. The maximum atomic E-state index is 12.3. The molecular formula is C15H19ClN6O. The number of anilines is 1. The summed E-state index contributed by atoms with van der Waals surface area (Å²) in [5.41, 5.74) is 0.0194. The van der Waals surface area contributed by atoms with Crippen molar-refractivity contribution in [3.63, 3.8) is 0 Å². The van der Waals surface area contributed by atoms with Crippen LogP contribution in [0.4, 0.5) is 5.95 Å². The van der Waals surface area contributed by atoms with Crippen LogP contribution in [0.1, 0.15) is 43.5 Å². The Hall–Kier alpha value is -1.89. The molecule has 4 rings (SSSR count). The Bertz CT molecular complexity index is 755. The lowest BCUT2D eigenvalue weighted by Crippen LogP contribution is -2.35. The van der Waals surface area contributed by atoms with E-state index in [1.165, 1.54) is 4.68 Å². The van der Waals surface area contributed by atoms with Crippen molar-refractivity contribution in [3.8, 4) is 0 Å². The number of hydrogen-bond acceptors (Lipinski definition) is 5. The van der Waals surface area contributed by atoms with Gasteiger partial charge in [0.1, 0.15) is 5.82 Å². The Kier molecular flexibility index (Phi) is 3.60. The van der Waals surface area contributed by atoms with E-state index in [1.54, 1.807) is 19.4 Å². The third kappa shape index (κ3) is 2.73. The number of halogens is 1. The molecule has 0 amide bonds. The normalized spacial score (nSPS) is 19.3. The third-order valence-corrected chi connectivity index (χ3v) is 4.84. The summed E-state index contributed by atoms with van der Waals surface area (Å²) in [4.78, 5) is 23.0. The summed E-state index contributed by atoms with van der Waals surface area (Å²) in [5, 5.41) is 5.05. The maximum Gasteiger partial charge on any atom is 0.345 e. The van der Waals surface area contributed by atoms with Gasteiger partial charge in [0.05, 0.1) is 17.4 Å². The molecule has 0 radical (unpaired) electrons. The van der Waals surface area contributed by atoms with Gasteiger partial charge in [-0.1, -0.05) is 11.6 Å². The molecule has 2 aromatic rings. The number of aryl methyl sites for hydroxylation is 1. The van der Waals surface area contributed by atoms with E-state index in [4.69, 9.17) is 11.6 Å². The molecule has 0 unspecified atom stereocenters. The summed E-state index contributed by atoms with van der Waals surface area (Å²) in [7, 11) is 1.74. The molecule has 23 heavy (non-hydrogen) atoms. The second-order valence-corrected chi connectivity index (χ2v) is 6.76. The van der Waals surface area contributed by atoms with Crippen molar-refractivity contribution in [1.82, 2.24) is 24.3 Å². The molecule has 1 aliphatic heterocycles. The molecule has 2 aliphatic rings. The lowest BCUT2D eigenvalue weighted by atomic mass is 9.96. The van der Waals surface area contributed by atoms with Gasteiger partial charge in [-0.05, 0) is 25.7 Å². The highest BCUT2D eigenvalue weighted by Gasteiger charge is 2.33. The van der Waals surface area contributed by atoms with Crippen molar-refractivity contribution in [2.45, 2.75) is 37.6 Å². The highest BCUT2D eigenvalue weighted by Crippen LogP contribution is 2.37. The van der Waals surface area contributed by atoms with Gasteiger partial charge in [-0.15, -0.1) is 0 Å². The fourth-order valence-corrected chi connectivity index (χ4v) is 3.36. The Labute approximate surface area is 138 Å². The first kappa shape index (κ1) is 14.7. The van der Waals surface area contributed by atoms with Crippen LogP contribution in [0.3, 0.4) is 0 Å². The molecule has 0 N–H and O–H groups in total.